The molecule has 2 heterocycles. The Labute approximate surface area is 136 Å². The summed E-state index contributed by atoms with van der Waals surface area (Å²) in [6.45, 7) is 1.42. The second-order valence-electron chi connectivity index (χ2n) is 4.70. The minimum absolute atomic E-state index is 0.0832. The summed E-state index contributed by atoms with van der Waals surface area (Å²) in [5.74, 6) is 0.834. The van der Waals surface area contributed by atoms with Crippen LogP contribution in [0.5, 0.6) is 0 Å². The van der Waals surface area contributed by atoms with Gasteiger partial charge in [-0.2, -0.15) is 0 Å². The van der Waals surface area contributed by atoms with Crippen molar-refractivity contribution < 1.29 is 4.79 Å². The van der Waals surface area contributed by atoms with Crippen molar-refractivity contribution in [3.05, 3.63) is 35.9 Å². The first-order chi connectivity index (χ1) is 10.8. The highest BCUT2D eigenvalue weighted by molar-refractivity contribution is 8.00. The van der Waals surface area contributed by atoms with Crippen LogP contribution in [0.2, 0.25) is 0 Å². The third-order valence-electron chi connectivity index (χ3n) is 2.99. The minimum atomic E-state index is -0.258. The first kappa shape index (κ1) is 15.2. The van der Waals surface area contributed by atoms with E-state index in [1.54, 1.807) is 11.8 Å². The van der Waals surface area contributed by atoms with Crippen molar-refractivity contribution in [1.29, 1.82) is 0 Å². The molecule has 0 aliphatic carbocycles. The maximum Gasteiger partial charge on any atom is 0.321 e. The van der Waals surface area contributed by atoms with E-state index >= 15 is 0 Å². The van der Waals surface area contributed by atoms with E-state index in [2.05, 4.69) is 43.8 Å². The smallest absolute Gasteiger partial charge is 0.321 e. The Morgan fingerprint density at radius 1 is 1.27 bits per heavy atom. The standard InChI is InChI=1S/C13H16N6OS2/c20-11(16-10-6-14-15-7-10)17-12-18-19-13(22-12)21-8-9-4-2-1-3-5-9/h1-5,10,14-15H,6-8H2,(H2,16,17,18,20). The van der Waals surface area contributed by atoms with Gasteiger partial charge in [0.25, 0.3) is 0 Å². The molecule has 1 aromatic carbocycles. The van der Waals surface area contributed by atoms with Gasteiger partial charge in [0.15, 0.2) is 4.34 Å². The number of carbonyl (C=O) groups excluding carboxylic acids is 1. The van der Waals surface area contributed by atoms with Crippen molar-refractivity contribution in [2.45, 2.75) is 16.1 Å². The molecule has 1 aliphatic heterocycles. The maximum atomic E-state index is 11.8. The topological polar surface area (TPSA) is 91.0 Å². The van der Waals surface area contributed by atoms with Crippen LogP contribution in [-0.2, 0) is 5.75 Å². The number of urea groups is 1. The Morgan fingerprint density at radius 2 is 2.05 bits per heavy atom. The van der Waals surface area contributed by atoms with Gasteiger partial charge in [0.05, 0.1) is 6.04 Å². The van der Waals surface area contributed by atoms with Crippen LogP contribution in [0, 0.1) is 0 Å². The molecule has 0 saturated carbocycles. The molecule has 0 radical (unpaired) electrons. The Hall–Kier alpha value is -1.68. The summed E-state index contributed by atoms with van der Waals surface area (Å²) in [4.78, 5) is 11.8. The Morgan fingerprint density at radius 3 is 2.82 bits per heavy atom. The van der Waals surface area contributed by atoms with Crippen LogP contribution in [0.3, 0.4) is 0 Å². The first-order valence-electron chi connectivity index (χ1n) is 6.83. The van der Waals surface area contributed by atoms with Gasteiger partial charge in [-0.15, -0.1) is 10.2 Å². The average Bonchev–Trinajstić information content (AvgIpc) is 3.18. The predicted molar refractivity (Wildman–Crippen MR) is 87.9 cm³/mol. The van der Waals surface area contributed by atoms with Crippen LogP contribution >= 0.6 is 23.1 Å². The molecule has 0 unspecified atom stereocenters. The molecule has 7 nitrogen and oxygen atoms in total. The van der Waals surface area contributed by atoms with Crippen LogP contribution in [0.25, 0.3) is 0 Å². The number of hydrogen-bond acceptors (Lipinski definition) is 7. The Balaban J connectivity index is 1.47. The molecule has 116 valence electrons. The Kier molecular flexibility index (Phi) is 5.22. The molecule has 2 amide bonds. The van der Waals surface area contributed by atoms with E-state index in [1.807, 2.05) is 18.2 Å². The van der Waals surface area contributed by atoms with Gasteiger partial charge in [0, 0.05) is 18.8 Å². The number of nitrogens with one attached hydrogen (secondary N) is 4. The zero-order valence-electron chi connectivity index (χ0n) is 11.7. The van der Waals surface area contributed by atoms with Gasteiger partial charge >= 0.3 is 6.03 Å². The fourth-order valence-electron chi connectivity index (χ4n) is 1.92. The molecule has 4 N–H and O–H groups in total. The summed E-state index contributed by atoms with van der Waals surface area (Å²) in [6, 6.07) is 10.00. The number of carbonyl (C=O) groups is 1. The molecule has 1 aromatic heterocycles. The largest absolute Gasteiger partial charge is 0.332 e. The number of nitrogens with zero attached hydrogens (tertiary/aromatic N) is 2. The highest BCUT2D eigenvalue weighted by atomic mass is 32.2. The fourth-order valence-corrected chi connectivity index (χ4v) is 3.62. The van der Waals surface area contributed by atoms with E-state index in [-0.39, 0.29) is 12.1 Å². The van der Waals surface area contributed by atoms with Crippen molar-refractivity contribution in [2.75, 3.05) is 18.4 Å². The van der Waals surface area contributed by atoms with Gasteiger partial charge in [-0.3, -0.25) is 16.2 Å². The lowest BCUT2D eigenvalue weighted by Crippen LogP contribution is -2.40. The highest BCUT2D eigenvalue weighted by Crippen LogP contribution is 2.28. The van der Waals surface area contributed by atoms with Crippen LogP contribution < -0.4 is 21.5 Å². The van der Waals surface area contributed by atoms with Gasteiger partial charge < -0.3 is 5.32 Å². The summed E-state index contributed by atoms with van der Waals surface area (Å²) in [7, 11) is 0. The lowest BCUT2D eigenvalue weighted by Gasteiger charge is -2.09. The second-order valence-corrected chi connectivity index (χ2v) is 6.90. The molecule has 2 aromatic rings. The van der Waals surface area contributed by atoms with Crippen molar-refractivity contribution in [2.24, 2.45) is 0 Å². The van der Waals surface area contributed by atoms with E-state index in [0.29, 0.717) is 18.2 Å². The molecule has 1 fully saturated rings. The van der Waals surface area contributed by atoms with E-state index in [0.717, 1.165) is 10.1 Å². The number of aromatic nitrogens is 2. The number of benzene rings is 1. The van der Waals surface area contributed by atoms with Crippen molar-refractivity contribution >= 4 is 34.3 Å². The lowest BCUT2D eigenvalue weighted by atomic mass is 10.2. The van der Waals surface area contributed by atoms with Crippen molar-refractivity contribution in [3.8, 4) is 0 Å². The second kappa shape index (κ2) is 7.54. The fraction of sp³-hybridized carbons (Fsp3) is 0.308. The molecular formula is C13H16N6OS2. The quantitative estimate of drug-likeness (QED) is 0.488. The van der Waals surface area contributed by atoms with E-state index in [1.165, 1.54) is 16.9 Å². The number of hydrazine groups is 1. The molecule has 22 heavy (non-hydrogen) atoms. The van der Waals surface area contributed by atoms with Gasteiger partial charge in [-0.1, -0.05) is 53.4 Å². The summed E-state index contributed by atoms with van der Waals surface area (Å²) in [6.07, 6.45) is 0. The van der Waals surface area contributed by atoms with Crippen LogP contribution in [0.4, 0.5) is 9.93 Å². The number of amides is 2. The maximum absolute atomic E-state index is 11.8. The van der Waals surface area contributed by atoms with Crippen LogP contribution in [0.15, 0.2) is 34.7 Å². The predicted octanol–water partition coefficient (Wildman–Crippen LogP) is 1.43. The SMILES string of the molecule is O=C(Nc1nnc(SCc2ccccc2)s1)NC1CNNC1. The van der Waals surface area contributed by atoms with Crippen molar-refractivity contribution in [3.63, 3.8) is 0 Å². The Bertz CT molecular complexity index is 614. The third kappa shape index (κ3) is 4.41. The number of thioether (sulfide) groups is 1. The van der Waals surface area contributed by atoms with Crippen molar-refractivity contribution in [1.82, 2.24) is 26.4 Å². The number of rotatable bonds is 5. The van der Waals surface area contributed by atoms with Crippen LogP contribution in [0.1, 0.15) is 5.56 Å². The third-order valence-corrected chi connectivity index (χ3v) is 5.03. The zero-order valence-corrected chi connectivity index (χ0v) is 13.3. The molecule has 3 rings (SSSR count). The van der Waals surface area contributed by atoms with E-state index in [4.69, 9.17) is 0 Å². The number of hydrogen-bond donors (Lipinski definition) is 4. The van der Waals surface area contributed by atoms with Gasteiger partial charge in [0.2, 0.25) is 5.13 Å². The molecule has 0 atom stereocenters. The summed E-state index contributed by atoms with van der Waals surface area (Å²) >= 11 is 2.98. The monoisotopic (exact) mass is 336 g/mol. The van der Waals surface area contributed by atoms with Gasteiger partial charge in [0.1, 0.15) is 0 Å². The number of anilines is 1. The normalized spacial score (nSPS) is 14.9. The zero-order chi connectivity index (χ0) is 15.2. The molecule has 9 heteroatoms. The average molecular weight is 336 g/mol. The van der Waals surface area contributed by atoms with E-state index < -0.39 is 0 Å². The molecule has 1 saturated heterocycles. The highest BCUT2D eigenvalue weighted by Gasteiger charge is 2.17. The summed E-state index contributed by atoms with van der Waals surface area (Å²) in [5.41, 5.74) is 7.15. The molecule has 1 aliphatic rings. The lowest BCUT2D eigenvalue weighted by molar-refractivity contribution is 0.249. The first-order valence-corrected chi connectivity index (χ1v) is 8.63. The summed E-state index contributed by atoms with van der Waals surface area (Å²) < 4.78 is 0.836. The summed E-state index contributed by atoms with van der Waals surface area (Å²) in [5, 5.41) is 14.1. The minimum Gasteiger partial charge on any atom is -0.332 e. The van der Waals surface area contributed by atoms with Gasteiger partial charge in [-0.25, -0.2) is 4.79 Å². The molecule has 0 spiro atoms. The van der Waals surface area contributed by atoms with Gasteiger partial charge in [-0.05, 0) is 5.56 Å². The van der Waals surface area contributed by atoms with Crippen LogP contribution in [-0.4, -0.2) is 35.4 Å². The molecular weight excluding hydrogens is 320 g/mol. The molecule has 0 bridgehead atoms. The van der Waals surface area contributed by atoms with E-state index in [9.17, 15) is 4.79 Å².